The van der Waals surface area contributed by atoms with Gasteiger partial charge in [0.1, 0.15) is 0 Å². The standard InChI is InChI=1S/C6H13NO2/c1-6(2,3)5(4-8)7-9/h8-9H,4H2,1-3H3/b7-5+. The van der Waals surface area contributed by atoms with E-state index >= 15 is 0 Å². The maximum Gasteiger partial charge on any atom is 0.0877 e. The number of hydrogen-bond acceptors (Lipinski definition) is 3. The monoisotopic (exact) mass is 131 g/mol. The van der Waals surface area contributed by atoms with Gasteiger partial charge < -0.3 is 10.3 Å². The first-order chi connectivity index (χ1) is 4.02. The van der Waals surface area contributed by atoms with E-state index in [4.69, 9.17) is 10.3 Å². The molecule has 0 spiro atoms. The molecule has 0 amide bonds. The Labute approximate surface area is 55.0 Å². The van der Waals surface area contributed by atoms with E-state index in [0.717, 1.165) is 0 Å². The lowest BCUT2D eigenvalue weighted by atomic mass is 9.91. The van der Waals surface area contributed by atoms with Crippen molar-refractivity contribution in [3.8, 4) is 0 Å². The molecule has 0 aromatic rings. The van der Waals surface area contributed by atoms with Crippen molar-refractivity contribution in [2.24, 2.45) is 10.6 Å². The summed E-state index contributed by atoms with van der Waals surface area (Å²) in [7, 11) is 0. The van der Waals surface area contributed by atoms with Gasteiger partial charge in [0.25, 0.3) is 0 Å². The van der Waals surface area contributed by atoms with E-state index in [0.29, 0.717) is 5.71 Å². The van der Waals surface area contributed by atoms with Crippen LogP contribution in [-0.2, 0) is 0 Å². The summed E-state index contributed by atoms with van der Waals surface area (Å²) < 4.78 is 0. The molecule has 0 aromatic heterocycles. The van der Waals surface area contributed by atoms with Crippen LogP contribution in [0.4, 0.5) is 0 Å². The van der Waals surface area contributed by atoms with E-state index in [1.165, 1.54) is 0 Å². The van der Waals surface area contributed by atoms with Gasteiger partial charge in [-0.25, -0.2) is 0 Å². The van der Waals surface area contributed by atoms with Crippen LogP contribution >= 0.6 is 0 Å². The Morgan fingerprint density at radius 1 is 1.44 bits per heavy atom. The first kappa shape index (κ1) is 8.43. The summed E-state index contributed by atoms with van der Waals surface area (Å²) in [6.07, 6.45) is 0. The second-order valence-corrected chi connectivity index (χ2v) is 2.95. The third-order valence-electron chi connectivity index (χ3n) is 1.14. The third kappa shape index (κ3) is 2.46. The van der Waals surface area contributed by atoms with Crippen molar-refractivity contribution < 1.29 is 10.3 Å². The third-order valence-corrected chi connectivity index (χ3v) is 1.14. The molecule has 0 saturated carbocycles. The van der Waals surface area contributed by atoms with E-state index < -0.39 is 0 Å². The summed E-state index contributed by atoms with van der Waals surface area (Å²) in [5, 5.41) is 19.8. The maximum atomic E-state index is 8.57. The highest BCUT2D eigenvalue weighted by atomic mass is 16.4. The van der Waals surface area contributed by atoms with Crippen molar-refractivity contribution in [3.05, 3.63) is 0 Å². The minimum absolute atomic E-state index is 0.181. The first-order valence-electron chi connectivity index (χ1n) is 2.84. The molecule has 0 atom stereocenters. The molecule has 0 radical (unpaired) electrons. The van der Waals surface area contributed by atoms with Crippen LogP contribution in [0, 0.1) is 5.41 Å². The second-order valence-electron chi connectivity index (χ2n) is 2.95. The van der Waals surface area contributed by atoms with Crippen LogP contribution in [0.15, 0.2) is 5.16 Å². The highest BCUT2D eigenvalue weighted by Crippen LogP contribution is 2.14. The van der Waals surface area contributed by atoms with Crippen molar-refractivity contribution in [2.75, 3.05) is 6.61 Å². The van der Waals surface area contributed by atoms with E-state index in [9.17, 15) is 0 Å². The van der Waals surface area contributed by atoms with Gasteiger partial charge in [-0.1, -0.05) is 25.9 Å². The largest absolute Gasteiger partial charge is 0.411 e. The molecule has 0 bridgehead atoms. The molecule has 0 aromatic carbocycles. The SMILES string of the molecule is CC(C)(C)/C(CO)=N/O. The lowest BCUT2D eigenvalue weighted by Crippen LogP contribution is -2.23. The molecule has 0 aliphatic rings. The zero-order valence-corrected chi connectivity index (χ0v) is 6.05. The fourth-order valence-electron chi connectivity index (χ4n) is 0.419. The quantitative estimate of drug-likeness (QED) is 0.315. The summed E-state index contributed by atoms with van der Waals surface area (Å²) in [5.74, 6) is 0. The summed E-state index contributed by atoms with van der Waals surface area (Å²) in [6.45, 7) is 5.44. The minimum Gasteiger partial charge on any atom is -0.411 e. The number of aliphatic hydroxyl groups is 1. The van der Waals surface area contributed by atoms with E-state index in [1.54, 1.807) is 0 Å². The molecule has 3 nitrogen and oxygen atoms in total. The van der Waals surface area contributed by atoms with Crippen LogP contribution in [0.3, 0.4) is 0 Å². The summed E-state index contributed by atoms with van der Waals surface area (Å²) in [4.78, 5) is 0. The Morgan fingerprint density at radius 3 is 1.89 bits per heavy atom. The molecule has 0 fully saturated rings. The Kier molecular flexibility index (Phi) is 2.65. The smallest absolute Gasteiger partial charge is 0.0877 e. The maximum absolute atomic E-state index is 8.57. The number of rotatable bonds is 1. The lowest BCUT2D eigenvalue weighted by Gasteiger charge is -2.17. The van der Waals surface area contributed by atoms with Crippen LogP contribution in [0.2, 0.25) is 0 Å². The van der Waals surface area contributed by atoms with Gasteiger partial charge in [0, 0.05) is 5.41 Å². The molecule has 0 aliphatic heterocycles. The normalized spacial score (nSPS) is 14.0. The molecule has 0 aliphatic carbocycles. The molecule has 0 heterocycles. The van der Waals surface area contributed by atoms with Crippen LogP contribution in [-0.4, -0.2) is 22.6 Å². The molecular weight excluding hydrogens is 118 g/mol. The number of aliphatic hydroxyl groups excluding tert-OH is 1. The van der Waals surface area contributed by atoms with Crippen molar-refractivity contribution in [1.29, 1.82) is 0 Å². The highest BCUT2D eigenvalue weighted by molar-refractivity contribution is 5.89. The number of nitrogens with zero attached hydrogens (tertiary/aromatic N) is 1. The number of oxime groups is 1. The van der Waals surface area contributed by atoms with E-state index in [2.05, 4.69) is 5.16 Å². The highest BCUT2D eigenvalue weighted by Gasteiger charge is 2.17. The molecular formula is C6H13NO2. The van der Waals surface area contributed by atoms with Crippen LogP contribution in [0.5, 0.6) is 0 Å². The summed E-state index contributed by atoms with van der Waals surface area (Å²) in [5.41, 5.74) is 0.172. The van der Waals surface area contributed by atoms with Gasteiger partial charge in [0.05, 0.1) is 12.3 Å². The van der Waals surface area contributed by atoms with Gasteiger partial charge in [0.2, 0.25) is 0 Å². The van der Waals surface area contributed by atoms with Crippen molar-refractivity contribution in [3.63, 3.8) is 0 Å². The van der Waals surface area contributed by atoms with Crippen molar-refractivity contribution >= 4 is 5.71 Å². The molecule has 2 N–H and O–H groups in total. The van der Waals surface area contributed by atoms with E-state index in [-0.39, 0.29) is 12.0 Å². The van der Waals surface area contributed by atoms with Gasteiger partial charge in [-0.15, -0.1) is 0 Å². The van der Waals surface area contributed by atoms with E-state index in [1.807, 2.05) is 20.8 Å². The van der Waals surface area contributed by atoms with Crippen LogP contribution < -0.4 is 0 Å². The molecule has 0 rings (SSSR count). The van der Waals surface area contributed by atoms with Crippen molar-refractivity contribution in [1.82, 2.24) is 0 Å². The van der Waals surface area contributed by atoms with Crippen LogP contribution in [0.25, 0.3) is 0 Å². The summed E-state index contributed by atoms with van der Waals surface area (Å²) in [6, 6.07) is 0. The Balaban J connectivity index is 4.14. The lowest BCUT2D eigenvalue weighted by molar-refractivity contribution is 0.288. The van der Waals surface area contributed by atoms with Crippen LogP contribution in [0.1, 0.15) is 20.8 Å². The van der Waals surface area contributed by atoms with Crippen molar-refractivity contribution in [2.45, 2.75) is 20.8 Å². The summed E-state index contributed by atoms with van der Waals surface area (Å²) >= 11 is 0. The molecule has 0 unspecified atom stereocenters. The molecule has 0 saturated heterocycles. The first-order valence-corrected chi connectivity index (χ1v) is 2.84. The Hall–Kier alpha value is -0.570. The minimum atomic E-state index is -0.233. The average molecular weight is 131 g/mol. The van der Waals surface area contributed by atoms with Gasteiger partial charge in [-0.05, 0) is 0 Å². The fraction of sp³-hybridized carbons (Fsp3) is 0.833. The van der Waals surface area contributed by atoms with Gasteiger partial charge in [-0.3, -0.25) is 0 Å². The zero-order valence-electron chi connectivity index (χ0n) is 6.05. The molecule has 54 valence electrons. The van der Waals surface area contributed by atoms with Gasteiger partial charge in [-0.2, -0.15) is 0 Å². The predicted octanol–water partition coefficient (Wildman–Crippen LogP) is 0.855. The Bertz CT molecular complexity index is 113. The second kappa shape index (κ2) is 2.82. The van der Waals surface area contributed by atoms with Gasteiger partial charge >= 0.3 is 0 Å². The predicted molar refractivity (Wildman–Crippen MR) is 35.8 cm³/mol. The molecule has 3 heteroatoms. The number of hydrogen-bond donors (Lipinski definition) is 2. The Morgan fingerprint density at radius 2 is 1.89 bits per heavy atom. The average Bonchev–Trinajstić information content (AvgIpc) is 1.65. The zero-order chi connectivity index (χ0) is 7.49. The fourth-order valence-corrected chi connectivity index (χ4v) is 0.419. The van der Waals surface area contributed by atoms with Gasteiger partial charge in [0.15, 0.2) is 0 Å². The topological polar surface area (TPSA) is 52.8 Å². The molecule has 9 heavy (non-hydrogen) atoms.